The molecule has 0 bridgehead atoms. The van der Waals surface area contributed by atoms with Crippen LogP contribution in [0.4, 0.5) is 5.95 Å². The third-order valence-corrected chi connectivity index (χ3v) is 2.43. The summed E-state index contributed by atoms with van der Waals surface area (Å²) in [6.45, 7) is 8.18. The van der Waals surface area contributed by atoms with Gasteiger partial charge in [-0.2, -0.15) is 5.26 Å². The Labute approximate surface area is 96.5 Å². The number of nitriles is 1. The third kappa shape index (κ3) is 2.69. The molecule has 0 aliphatic carbocycles. The average molecular weight is 218 g/mol. The molecular weight excluding hydrogens is 200 g/mol. The molecule has 1 aromatic heterocycles. The first-order valence-corrected chi connectivity index (χ1v) is 5.36. The van der Waals surface area contributed by atoms with Gasteiger partial charge in [-0.15, -0.1) is 0 Å². The molecule has 86 valence electrons. The maximum Gasteiger partial charge on any atom is 0.220 e. The van der Waals surface area contributed by atoms with Gasteiger partial charge in [0.15, 0.2) is 0 Å². The van der Waals surface area contributed by atoms with Crippen LogP contribution in [0.15, 0.2) is 0 Å². The first-order chi connectivity index (χ1) is 7.36. The minimum Gasteiger partial charge on any atom is -0.368 e. The van der Waals surface area contributed by atoms with Gasteiger partial charge in [-0.25, -0.2) is 9.97 Å². The van der Waals surface area contributed by atoms with Crippen LogP contribution >= 0.6 is 0 Å². The second kappa shape index (κ2) is 4.48. The van der Waals surface area contributed by atoms with Crippen LogP contribution in [0.25, 0.3) is 0 Å². The fraction of sp³-hybridized carbons (Fsp3) is 0.583. The molecule has 1 aromatic rings. The standard InChI is InChI=1S/C12H18N4/c1-8-9(6-5-7-13)10(12(2,3)4)16-11(14)15-8/h5-6H2,1-4H3,(H2,14,15,16). The lowest BCUT2D eigenvalue weighted by Gasteiger charge is -2.22. The molecule has 0 spiro atoms. The first kappa shape index (κ1) is 12.4. The van der Waals surface area contributed by atoms with Crippen molar-refractivity contribution in [3.05, 3.63) is 17.0 Å². The van der Waals surface area contributed by atoms with E-state index in [0.717, 1.165) is 17.0 Å². The van der Waals surface area contributed by atoms with Crippen molar-refractivity contribution in [2.75, 3.05) is 5.73 Å². The number of rotatable bonds is 2. The van der Waals surface area contributed by atoms with Crippen molar-refractivity contribution in [1.82, 2.24) is 9.97 Å². The molecule has 0 radical (unpaired) electrons. The molecule has 16 heavy (non-hydrogen) atoms. The molecule has 4 nitrogen and oxygen atoms in total. The smallest absolute Gasteiger partial charge is 0.220 e. The number of hydrogen-bond acceptors (Lipinski definition) is 4. The summed E-state index contributed by atoms with van der Waals surface area (Å²) >= 11 is 0. The highest BCUT2D eigenvalue weighted by Crippen LogP contribution is 2.26. The van der Waals surface area contributed by atoms with Crippen LogP contribution in [0.2, 0.25) is 0 Å². The second-order valence-corrected chi connectivity index (χ2v) is 4.90. The Bertz CT molecular complexity index is 424. The molecule has 0 saturated carbocycles. The minimum absolute atomic E-state index is 0.0768. The zero-order valence-electron chi connectivity index (χ0n) is 10.3. The van der Waals surface area contributed by atoms with Crippen molar-refractivity contribution in [3.63, 3.8) is 0 Å². The summed E-state index contributed by atoms with van der Waals surface area (Å²) in [5, 5.41) is 8.65. The van der Waals surface area contributed by atoms with Crippen LogP contribution in [0.3, 0.4) is 0 Å². The molecule has 0 saturated heterocycles. The Hall–Kier alpha value is -1.63. The second-order valence-electron chi connectivity index (χ2n) is 4.90. The highest BCUT2D eigenvalue weighted by atomic mass is 15.0. The van der Waals surface area contributed by atoms with Crippen LogP contribution in [0.1, 0.15) is 44.1 Å². The number of nitrogens with two attached hydrogens (primary N) is 1. The summed E-state index contributed by atoms with van der Waals surface area (Å²) in [5.41, 5.74) is 8.48. The van der Waals surface area contributed by atoms with Gasteiger partial charge in [0.1, 0.15) is 0 Å². The summed E-state index contributed by atoms with van der Waals surface area (Å²) in [5.74, 6) is 0.308. The Kier molecular flexibility index (Phi) is 3.48. The number of aromatic nitrogens is 2. The molecule has 1 heterocycles. The van der Waals surface area contributed by atoms with Gasteiger partial charge in [0.2, 0.25) is 5.95 Å². The van der Waals surface area contributed by atoms with E-state index < -0.39 is 0 Å². The number of aryl methyl sites for hydroxylation is 1. The zero-order valence-corrected chi connectivity index (χ0v) is 10.3. The minimum atomic E-state index is -0.0768. The number of nitrogens with zero attached hydrogens (tertiary/aromatic N) is 3. The fourth-order valence-corrected chi connectivity index (χ4v) is 1.72. The molecule has 4 heteroatoms. The van der Waals surface area contributed by atoms with E-state index in [4.69, 9.17) is 11.0 Å². The van der Waals surface area contributed by atoms with Crippen LogP contribution < -0.4 is 5.73 Å². The lowest BCUT2D eigenvalue weighted by atomic mass is 9.86. The highest BCUT2D eigenvalue weighted by molar-refractivity contribution is 5.35. The van der Waals surface area contributed by atoms with Crippen molar-refractivity contribution >= 4 is 5.95 Å². The van der Waals surface area contributed by atoms with Crippen LogP contribution in [0.5, 0.6) is 0 Å². The van der Waals surface area contributed by atoms with Gasteiger partial charge in [0.05, 0.1) is 11.8 Å². The van der Waals surface area contributed by atoms with E-state index in [1.165, 1.54) is 0 Å². The first-order valence-electron chi connectivity index (χ1n) is 5.36. The topological polar surface area (TPSA) is 75.6 Å². The Morgan fingerprint density at radius 3 is 2.44 bits per heavy atom. The maximum atomic E-state index is 8.65. The van der Waals surface area contributed by atoms with Gasteiger partial charge < -0.3 is 5.73 Å². The van der Waals surface area contributed by atoms with E-state index >= 15 is 0 Å². The molecule has 0 aliphatic rings. The summed E-state index contributed by atoms with van der Waals surface area (Å²) in [4.78, 5) is 8.47. The quantitative estimate of drug-likeness (QED) is 0.825. The van der Waals surface area contributed by atoms with Crippen molar-refractivity contribution in [1.29, 1.82) is 5.26 Å². The number of anilines is 1. The van der Waals surface area contributed by atoms with Gasteiger partial charge in [0.25, 0.3) is 0 Å². The van der Waals surface area contributed by atoms with E-state index in [-0.39, 0.29) is 5.41 Å². The zero-order chi connectivity index (χ0) is 12.3. The predicted molar refractivity (Wildman–Crippen MR) is 63.8 cm³/mol. The van der Waals surface area contributed by atoms with Gasteiger partial charge in [0, 0.05) is 17.5 Å². The number of nitrogen functional groups attached to an aromatic ring is 1. The number of hydrogen-bond donors (Lipinski definition) is 1. The predicted octanol–water partition coefficient (Wildman–Crippen LogP) is 2.12. The molecule has 0 aliphatic heterocycles. The Morgan fingerprint density at radius 1 is 1.31 bits per heavy atom. The summed E-state index contributed by atoms with van der Waals surface area (Å²) in [7, 11) is 0. The maximum absolute atomic E-state index is 8.65. The van der Waals surface area contributed by atoms with Gasteiger partial charge in [-0.3, -0.25) is 0 Å². The Morgan fingerprint density at radius 2 is 1.94 bits per heavy atom. The summed E-state index contributed by atoms with van der Waals surface area (Å²) in [6, 6.07) is 2.15. The highest BCUT2D eigenvalue weighted by Gasteiger charge is 2.22. The third-order valence-electron chi connectivity index (χ3n) is 2.43. The molecule has 0 unspecified atom stereocenters. The Balaban J connectivity index is 3.28. The van der Waals surface area contributed by atoms with Crippen molar-refractivity contribution in [2.24, 2.45) is 0 Å². The van der Waals surface area contributed by atoms with Crippen molar-refractivity contribution in [3.8, 4) is 6.07 Å². The fourth-order valence-electron chi connectivity index (χ4n) is 1.72. The lowest BCUT2D eigenvalue weighted by molar-refractivity contribution is 0.557. The van der Waals surface area contributed by atoms with Crippen molar-refractivity contribution in [2.45, 2.75) is 46.0 Å². The molecular formula is C12H18N4. The SMILES string of the molecule is Cc1nc(N)nc(C(C)(C)C)c1CCC#N. The van der Waals surface area contributed by atoms with E-state index in [0.29, 0.717) is 18.8 Å². The van der Waals surface area contributed by atoms with Crippen LogP contribution in [-0.4, -0.2) is 9.97 Å². The van der Waals surface area contributed by atoms with Gasteiger partial charge in [-0.1, -0.05) is 20.8 Å². The molecule has 0 amide bonds. The van der Waals surface area contributed by atoms with Gasteiger partial charge in [-0.05, 0) is 18.9 Å². The molecule has 2 N–H and O–H groups in total. The molecule has 1 rings (SSSR count). The molecule has 0 fully saturated rings. The van der Waals surface area contributed by atoms with Crippen molar-refractivity contribution < 1.29 is 0 Å². The van der Waals surface area contributed by atoms with Crippen LogP contribution in [-0.2, 0) is 11.8 Å². The van der Waals surface area contributed by atoms with Gasteiger partial charge >= 0.3 is 0 Å². The molecule has 0 atom stereocenters. The average Bonchev–Trinajstić information content (AvgIpc) is 2.14. The normalized spacial score (nSPS) is 11.2. The molecule has 0 aromatic carbocycles. The van der Waals surface area contributed by atoms with Crippen LogP contribution in [0, 0.1) is 18.3 Å². The monoisotopic (exact) mass is 218 g/mol. The van der Waals surface area contributed by atoms with E-state index in [2.05, 4.69) is 36.8 Å². The summed E-state index contributed by atoms with van der Waals surface area (Å²) < 4.78 is 0. The van der Waals surface area contributed by atoms with E-state index in [9.17, 15) is 0 Å². The largest absolute Gasteiger partial charge is 0.368 e. The van der Waals surface area contributed by atoms with E-state index in [1.54, 1.807) is 0 Å². The lowest BCUT2D eigenvalue weighted by Crippen LogP contribution is -2.20. The van der Waals surface area contributed by atoms with E-state index in [1.807, 2.05) is 6.92 Å². The summed E-state index contributed by atoms with van der Waals surface area (Å²) in [6.07, 6.45) is 1.17.